The highest BCUT2D eigenvalue weighted by molar-refractivity contribution is 5.28. The van der Waals surface area contributed by atoms with E-state index in [-0.39, 0.29) is 37.9 Å². The summed E-state index contributed by atoms with van der Waals surface area (Å²) in [6, 6.07) is 6.48. The van der Waals surface area contributed by atoms with Gasteiger partial charge in [0.1, 0.15) is 5.75 Å². The van der Waals surface area contributed by atoms with Crippen LogP contribution in [0, 0.1) is 5.92 Å². The average molecular weight is 274 g/mol. The number of hydrogen-bond acceptors (Lipinski definition) is 2. The zero-order chi connectivity index (χ0) is 14.1. The zero-order valence-electron chi connectivity index (χ0n) is 10.5. The first kappa shape index (κ1) is 14.2. The fourth-order valence-electron chi connectivity index (χ4n) is 2.71. The van der Waals surface area contributed by atoms with Crippen LogP contribution >= 0.6 is 0 Å². The average Bonchev–Trinajstić information content (AvgIpc) is 2.27. The van der Waals surface area contributed by atoms with Crippen molar-refractivity contribution >= 4 is 0 Å². The second-order valence-electron chi connectivity index (χ2n) is 5.39. The molecular weight excluding hydrogens is 257 g/mol. The predicted octanol–water partition coefficient (Wildman–Crippen LogP) is 3.42. The molecule has 19 heavy (non-hydrogen) atoms. The van der Waals surface area contributed by atoms with Crippen LogP contribution in [-0.4, -0.2) is 22.0 Å². The Kier molecular flexibility index (Phi) is 3.76. The molecule has 1 saturated carbocycles. The van der Waals surface area contributed by atoms with Gasteiger partial charge in [-0.2, -0.15) is 13.2 Å². The number of benzene rings is 1. The Bertz CT molecular complexity index is 435. The Labute approximate surface area is 109 Å². The summed E-state index contributed by atoms with van der Waals surface area (Å²) in [4.78, 5) is 0. The third-order valence-corrected chi connectivity index (χ3v) is 3.82. The summed E-state index contributed by atoms with van der Waals surface area (Å²) < 4.78 is 37.7. The molecule has 0 spiro atoms. The van der Waals surface area contributed by atoms with Crippen LogP contribution in [-0.2, 0) is 6.42 Å². The quantitative estimate of drug-likeness (QED) is 0.867. The van der Waals surface area contributed by atoms with Gasteiger partial charge < -0.3 is 10.2 Å². The summed E-state index contributed by atoms with van der Waals surface area (Å²) in [5.74, 6) is -1.19. The molecular formula is C14H17F3O2. The van der Waals surface area contributed by atoms with Crippen LogP contribution in [0.5, 0.6) is 5.75 Å². The van der Waals surface area contributed by atoms with Crippen LogP contribution in [0.25, 0.3) is 0 Å². The molecule has 0 saturated heterocycles. The van der Waals surface area contributed by atoms with Crippen molar-refractivity contribution in [3.63, 3.8) is 0 Å². The molecule has 0 aromatic heterocycles. The largest absolute Gasteiger partial charge is 0.508 e. The molecule has 0 unspecified atom stereocenters. The van der Waals surface area contributed by atoms with Crippen molar-refractivity contribution in [2.75, 3.05) is 0 Å². The second kappa shape index (κ2) is 5.04. The number of aliphatic hydroxyl groups is 1. The number of phenols is 1. The van der Waals surface area contributed by atoms with Crippen LogP contribution in [0.4, 0.5) is 13.2 Å². The van der Waals surface area contributed by atoms with Gasteiger partial charge in [-0.05, 0) is 43.4 Å². The lowest BCUT2D eigenvalue weighted by Crippen LogP contribution is -2.39. The minimum atomic E-state index is -4.16. The zero-order valence-corrected chi connectivity index (χ0v) is 10.5. The van der Waals surface area contributed by atoms with E-state index in [1.54, 1.807) is 12.1 Å². The van der Waals surface area contributed by atoms with Crippen molar-refractivity contribution in [3.05, 3.63) is 29.8 Å². The highest BCUT2D eigenvalue weighted by Gasteiger charge is 2.45. The lowest BCUT2D eigenvalue weighted by Gasteiger charge is -2.36. The van der Waals surface area contributed by atoms with E-state index in [9.17, 15) is 23.4 Å². The van der Waals surface area contributed by atoms with Crippen LogP contribution in [0.15, 0.2) is 24.3 Å². The second-order valence-corrected chi connectivity index (χ2v) is 5.39. The number of phenolic OH excluding ortho intramolecular Hbond substituents is 1. The molecule has 0 aliphatic heterocycles. The van der Waals surface area contributed by atoms with Gasteiger partial charge in [-0.1, -0.05) is 12.1 Å². The molecule has 1 aromatic carbocycles. The molecule has 0 atom stereocenters. The van der Waals surface area contributed by atoms with Crippen LogP contribution in [0.3, 0.4) is 0 Å². The highest BCUT2D eigenvalue weighted by atomic mass is 19.4. The van der Waals surface area contributed by atoms with Gasteiger partial charge in [0.25, 0.3) is 0 Å². The summed E-state index contributed by atoms with van der Waals surface area (Å²) in [6.07, 6.45) is -3.64. The minimum absolute atomic E-state index is 0.0290. The van der Waals surface area contributed by atoms with Crippen molar-refractivity contribution in [1.82, 2.24) is 0 Å². The van der Waals surface area contributed by atoms with Crippen molar-refractivity contribution in [3.8, 4) is 5.75 Å². The molecule has 2 rings (SSSR count). The fraction of sp³-hybridized carbons (Fsp3) is 0.571. The van der Waals surface area contributed by atoms with Gasteiger partial charge in [-0.3, -0.25) is 0 Å². The first-order chi connectivity index (χ1) is 8.78. The molecule has 1 aliphatic carbocycles. The lowest BCUT2D eigenvalue weighted by molar-refractivity contribution is -0.192. The standard InChI is InChI=1S/C14H17F3O2/c15-14(16,17)11-4-6-13(19,7-5-11)9-10-2-1-3-12(18)8-10/h1-3,8,11,18-19H,4-7,9H2. The molecule has 106 valence electrons. The number of aromatic hydroxyl groups is 1. The minimum Gasteiger partial charge on any atom is -0.508 e. The summed E-state index contributed by atoms with van der Waals surface area (Å²) in [5, 5.41) is 19.7. The van der Waals surface area contributed by atoms with E-state index in [1.165, 1.54) is 12.1 Å². The van der Waals surface area contributed by atoms with E-state index in [0.29, 0.717) is 0 Å². The number of halogens is 3. The van der Waals surface area contributed by atoms with Gasteiger partial charge in [0.2, 0.25) is 0 Å². The topological polar surface area (TPSA) is 40.5 Å². The van der Waals surface area contributed by atoms with E-state index < -0.39 is 17.7 Å². The SMILES string of the molecule is Oc1cccc(CC2(O)CCC(C(F)(F)F)CC2)c1. The molecule has 1 aromatic rings. The summed E-state index contributed by atoms with van der Waals surface area (Å²) in [6.45, 7) is 0. The predicted molar refractivity (Wildman–Crippen MR) is 64.8 cm³/mol. The van der Waals surface area contributed by atoms with Crippen LogP contribution < -0.4 is 0 Å². The Morgan fingerprint density at radius 2 is 1.84 bits per heavy atom. The Balaban J connectivity index is 1.99. The highest BCUT2D eigenvalue weighted by Crippen LogP contribution is 2.42. The molecule has 0 heterocycles. The first-order valence-electron chi connectivity index (χ1n) is 6.35. The monoisotopic (exact) mass is 274 g/mol. The lowest BCUT2D eigenvalue weighted by atomic mass is 9.75. The maximum Gasteiger partial charge on any atom is 0.391 e. The van der Waals surface area contributed by atoms with Crippen molar-refractivity contribution in [2.45, 2.75) is 43.9 Å². The molecule has 2 N–H and O–H groups in total. The molecule has 1 fully saturated rings. The van der Waals surface area contributed by atoms with Crippen molar-refractivity contribution in [1.29, 1.82) is 0 Å². The van der Waals surface area contributed by atoms with Crippen molar-refractivity contribution in [2.24, 2.45) is 5.92 Å². The third-order valence-electron chi connectivity index (χ3n) is 3.82. The first-order valence-corrected chi connectivity index (χ1v) is 6.35. The van der Waals surface area contributed by atoms with Gasteiger partial charge in [-0.25, -0.2) is 0 Å². The van der Waals surface area contributed by atoms with Gasteiger partial charge in [0.15, 0.2) is 0 Å². The van der Waals surface area contributed by atoms with E-state index in [1.807, 2.05) is 0 Å². The molecule has 0 radical (unpaired) electrons. The fourth-order valence-corrected chi connectivity index (χ4v) is 2.71. The Morgan fingerprint density at radius 3 is 2.37 bits per heavy atom. The normalized spacial score (nSPS) is 28.3. The van der Waals surface area contributed by atoms with Gasteiger partial charge in [-0.15, -0.1) is 0 Å². The molecule has 0 bridgehead atoms. The van der Waals surface area contributed by atoms with Crippen LogP contribution in [0.2, 0.25) is 0 Å². The van der Waals surface area contributed by atoms with Crippen molar-refractivity contribution < 1.29 is 23.4 Å². The van der Waals surface area contributed by atoms with Gasteiger partial charge in [0, 0.05) is 6.42 Å². The van der Waals surface area contributed by atoms with Crippen LogP contribution in [0.1, 0.15) is 31.2 Å². The molecule has 1 aliphatic rings. The maximum atomic E-state index is 12.6. The smallest absolute Gasteiger partial charge is 0.391 e. The van der Waals surface area contributed by atoms with E-state index in [2.05, 4.69) is 0 Å². The van der Waals surface area contributed by atoms with Gasteiger partial charge in [0.05, 0.1) is 11.5 Å². The maximum absolute atomic E-state index is 12.6. The Morgan fingerprint density at radius 1 is 1.21 bits per heavy atom. The molecule has 0 amide bonds. The summed E-state index contributed by atoms with van der Waals surface area (Å²) in [7, 11) is 0. The summed E-state index contributed by atoms with van der Waals surface area (Å²) >= 11 is 0. The Hall–Kier alpha value is -1.23. The van der Waals surface area contributed by atoms with E-state index >= 15 is 0 Å². The molecule has 5 heteroatoms. The molecule has 2 nitrogen and oxygen atoms in total. The summed E-state index contributed by atoms with van der Waals surface area (Å²) in [5.41, 5.74) is -0.344. The van der Waals surface area contributed by atoms with E-state index in [0.717, 1.165) is 5.56 Å². The van der Waals surface area contributed by atoms with E-state index in [4.69, 9.17) is 0 Å². The number of rotatable bonds is 2. The number of hydrogen-bond donors (Lipinski definition) is 2. The third kappa shape index (κ3) is 3.62. The number of alkyl halides is 3. The van der Waals surface area contributed by atoms with Gasteiger partial charge >= 0.3 is 6.18 Å².